The number of carboxylic acid groups (broad SMARTS) is 1. The molecule has 0 spiro atoms. The molecule has 0 aliphatic carbocycles. The van der Waals surface area contributed by atoms with Crippen LogP contribution in [-0.2, 0) is 7.05 Å². The summed E-state index contributed by atoms with van der Waals surface area (Å²) in [5.41, 5.74) is -2.57. The maximum atomic E-state index is 12.4. The zero-order chi connectivity index (χ0) is 14.3. The molecule has 0 saturated carbocycles. The highest BCUT2D eigenvalue weighted by molar-refractivity contribution is 5.89. The van der Waals surface area contributed by atoms with Crippen molar-refractivity contribution in [3.63, 3.8) is 0 Å². The first-order chi connectivity index (χ1) is 7.96. The normalized spacial score (nSPS) is 13.1. The molecular weight excluding hydrogens is 270 g/mol. The van der Waals surface area contributed by atoms with Gasteiger partial charge in [-0.25, -0.2) is 4.79 Å². The van der Waals surface area contributed by atoms with Crippen LogP contribution < -0.4 is 0 Å². The van der Waals surface area contributed by atoms with Gasteiger partial charge in [0.2, 0.25) is 0 Å². The molecule has 0 aromatic carbocycles. The van der Waals surface area contributed by atoms with Crippen LogP contribution in [-0.4, -0.2) is 33.2 Å². The Bertz CT molecular complexity index is 447. The quantitative estimate of drug-likeness (QED) is 0.843. The number of nitrogens with zero attached hydrogens (tertiary/aromatic N) is 2. The van der Waals surface area contributed by atoms with E-state index in [-0.39, 0.29) is 4.68 Å². The fourth-order valence-corrected chi connectivity index (χ4v) is 1.45. The van der Waals surface area contributed by atoms with Gasteiger partial charge in [-0.05, 0) is 0 Å². The summed E-state index contributed by atoms with van der Waals surface area (Å²) < 4.78 is 75.0. The highest BCUT2D eigenvalue weighted by Crippen LogP contribution is 2.47. The van der Waals surface area contributed by atoms with E-state index in [1.54, 1.807) is 0 Å². The minimum atomic E-state index is -5.66. The molecule has 1 heterocycles. The van der Waals surface area contributed by atoms with Gasteiger partial charge in [-0.2, -0.15) is 31.4 Å². The molecule has 18 heavy (non-hydrogen) atoms. The molecule has 10 heteroatoms. The second-order valence-electron chi connectivity index (χ2n) is 3.39. The van der Waals surface area contributed by atoms with Gasteiger partial charge in [0, 0.05) is 7.05 Å². The van der Waals surface area contributed by atoms with Gasteiger partial charge in [-0.15, -0.1) is 0 Å². The number of carboxylic acids is 1. The third-order valence-corrected chi connectivity index (χ3v) is 2.14. The van der Waals surface area contributed by atoms with E-state index in [1.807, 2.05) is 0 Å². The van der Waals surface area contributed by atoms with Crippen LogP contribution in [0.5, 0.6) is 0 Å². The summed E-state index contributed by atoms with van der Waals surface area (Å²) in [5, 5.41) is 11.7. The third-order valence-electron chi connectivity index (χ3n) is 2.14. The summed E-state index contributed by atoms with van der Waals surface area (Å²) in [7, 11) is 0.812. The summed E-state index contributed by atoms with van der Waals surface area (Å²) in [6.45, 7) is 0. The lowest BCUT2D eigenvalue weighted by molar-refractivity contribution is -0.255. The number of alkyl halides is 6. The maximum absolute atomic E-state index is 12.4. The Labute approximate surface area is 95.8 Å². The van der Waals surface area contributed by atoms with Crippen LogP contribution in [0.2, 0.25) is 0 Å². The van der Waals surface area contributed by atoms with E-state index in [9.17, 15) is 31.1 Å². The molecule has 1 rings (SSSR count). The van der Waals surface area contributed by atoms with Gasteiger partial charge in [-0.1, -0.05) is 0 Å². The lowest BCUT2D eigenvalue weighted by Gasteiger charge is -2.23. The van der Waals surface area contributed by atoms with E-state index in [0.717, 1.165) is 7.05 Å². The van der Waals surface area contributed by atoms with Gasteiger partial charge in [-0.3, -0.25) is 4.68 Å². The van der Waals surface area contributed by atoms with Crippen molar-refractivity contribution in [1.29, 1.82) is 0 Å². The summed E-state index contributed by atoms with van der Waals surface area (Å²) in [4.78, 5) is 10.6. The van der Waals surface area contributed by atoms with Crippen molar-refractivity contribution in [2.45, 2.75) is 18.3 Å². The summed E-state index contributed by atoms with van der Waals surface area (Å²) in [6.07, 6.45) is -10.9. The molecule has 0 aliphatic heterocycles. The fourth-order valence-electron chi connectivity index (χ4n) is 1.45. The van der Waals surface area contributed by atoms with Gasteiger partial charge in [0.05, 0.1) is 11.9 Å². The molecule has 0 saturated heterocycles. The fraction of sp³-hybridized carbons (Fsp3) is 0.500. The van der Waals surface area contributed by atoms with E-state index >= 15 is 0 Å². The predicted octanol–water partition coefficient (Wildman–Crippen LogP) is 2.33. The first-order valence-corrected chi connectivity index (χ1v) is 4.35. The summed E-state index contributed by atoms with van der Waals surface area (Å²) in [5.74, 6) is -5.79. The summed E-state index contributed by atoms with van der Waals surface area (Å²) in [6, 6.07) is 0. The molecule has 0 radical (unpaired) electrons. The molecule has 0 unspecified atom stereocenters. The van der Waals surface area contributed by atoms with E-state index < -0.39 is 35.5 Å². The largest absolute Gasteiger partial charge is 0.478 e. The second kappa shape index (κ2) is 4.18. The number of aryl methyl sites for hydroxylation is 1. The maximum Gasteiger partial charge on any atom is 0.406 e. The van der Waals surface area contributed by atoms with Crippen LogP contribution in [0.4, 0.5) is 26.3 Å². The average molecular weight is 276 g/mol. The smallest absolute Gasteiger partial charge is 0.406 e. The van der Waals surface area contributed by atoms with Crippen LogP contribution in [0.15, 0.2) is 6.20 Å². The van der Waals surface area contributed by atoms with E-state index in [4.69, 9.17) is 5.11 Å². The molecular formula is C8H6F6N2O2. The lowest BCUT2D eigenvalue weighted by atomic mass is 10.0. The minimum Gasteiger partial charge on any atom is -0.478 e. The SMILES string of the molecule is Cn1ncc(C(=O)O)c1C(C(F)(F)F)C(F)(F)F. The van der Waals surface area contributed by atoms with Gasteiger partial charge in [0.1, 0.15) is 5.56 Å². The van der Waals surface area contributed by atoms with Gasteiger partial charge in [0.25, 0.3) is 0 Å². The monoisotopic (exact) mass is 276 g/mol. The van der Waals surface area contributed by atoms with E-state index in [0.29, 0.717) is 6.20 Å². The molecule has 102 valence electrons. The van der Waals surface area contributed by atoms with Crippen LogP contribution in [0.3, 0.4) is 0 Å². The van der Waals surface area contributed by atoms with Crippen LogP contribution in [0.1, 0.15) is 22.0 Å². The highest BCUT2D eigenvalue weighted by Gasteiger charge is 2.59. The molecule has 0 fully saturated rings. The molecule has 1 N–H and O–H groups in total. The molecule has 0 amide bonds. The number of halogens is 6. The standard InChI is InChI=1S/C8H6F6N2O2/c1-16-4(3(2-15-16)6(17)18)5(7(9,10)11)8(12,13)14/h2,5H,1H3,(H,17,18). The Kier molecular flexibility index (Phi) is 3.32. The predicted molar refractivity (Wildman–Crippen MR) is 45.0 cm³/mol. The van der Waals surface area contributed by atoms with Gasteiger partial charge in [0.15, 0.2) is 5.92 Å². The van der Waals surface area contributed by atoms with Crippen LogP contribution in [0.25, 0.3) is 0 Å². The summed E-state index contributed by atoms with van der Waals surface area (Å²) >= 11 is 0. The molecule has 0 atom stereocenters. The van der Waals surface area contributed by atoms with Crippen molar-refractivity contribution in [2.75, 3.05) is 0 Å². The van der Waals surface area contributed by atoms with Crippen molar-refractivity contribution in [3.8, 4) is 0 Å². The Hall–Kier alpha value is -1.74. The first kappa shape index (κ1) is 14.3. The number of hydrogen-bond acceptors (Lipinski definition) is 2. The second-order valence-corrected chi connectivity index (χ2v) is 3.39. The number of rotatable bonds is 2. The Balaban J connectivity index is 3.49. The Morgan fingerprint density at radius 1 is 1.28 bits per heavy atom. The molecule has 1 aromatic heterocycles. The number of aromatic nitrogens is 2. The third kappa shape index (κ3) is 2.57. The van der Waals surface area contributed by atoms with Crippen LogP contribution in [0, 0.1) is 0 Å². The Morgan fingerprint density at radius 2 is 1.72 bits per heavy atom. The van der Waals surface area contributed by atoms with Crippen molar-refractivity contribution in [2.24, 2.45) is 7.05 Å². The lowest BCUT2D eigenvalue weighted by Crippen LogP contribution is -2.36. The molecule has 0 bridgehead atoms. The van der Waals surface area contributed by atoms with Gasteiger partial charge >= 0.3 is 18.3 Å². The first-order valence-electron chi connectivity index (χ1n) is 4.35. The van der Waals surface area contributed by atoms with Crippen LogP contribution >= 0.6 is 0 Å². The number of carbonyl (C=O) groups is 1. The zero-order valence-corrected chi connectivity index (χ0v) is 8.67. The van der Waals surface area contributed by atoms with Crippen molar-refractivity contribution < 1.29 is 36.2 Å². The van der Waals surface area contributed by atoms with Crippen molar-refractivity contribution >= 4 is 5.97 Å². The number of aromatic carboxylic acids is 1. The van der Waals surface area contributed by atoms with E-state index in [1.165, 1.54) is 0 Å². The highest BCUT2D eigenvalue weighted by atomic mass is 19.4. The molecule has 4 nitrogen and oxygen atoms in total. The molecule has 0 aliphatic rings. The van der Waals surface area contributed by atoms with E-state index in [2.05, 4.69) is 5.10 Å². The van der Waals surface area contributed by atoms with Crippen molar-refractivity contribution in [3.05, 3.63) is 17.5 Å². The Morgan fingerprint density at radius 3 is 2.06 bits per heavy atom. The van der Waals surface area contributed by atoms with Gasteiger partial charge < -0.3 is 5.11 Å². The number of hydrogen-bond donors (Lipinski definition) is 1. The molecule has 1 aromatic rings. The topological polar surface area (TPSA) is 55.1 Å². The zero-order valence-electron chi connectivity index (χ0n) is 8.67. The van der Waals surface area contributed by atoms with Crippen molar-refractivity contribution in [1.82, 2.24) is 9.78 Å². The minimum absolute atomic E-state index is 0.259. The average Bonchev–Trinajstić information content (AvgIpc) is 2.43.